The van der Waals surface area contributed by atoms with Crippen LogP contribution in [0.4, 0.5) is 0 Å². The van der Waals surface area contributed by atoms with Gasteiger partial charge in [-0.25, -0.2) is 0 Å². The second-order valence-corrected chi connectivity index (χ2v) is 5.98. The van der Waals surface area contributed by atoms with Gasteiger partial charge in [0.05, 0.1) is 7.11 Å². The minimum Gasteiger partial charge on any atom is -0.496 e. The van der Waals surface area contributed by atoms with Crippen LogP contribution in [0.15, 0.2) is 24.3 Å². The molecule has 2 atom stereocenters. The molecule has 3 N–H and O–H groups in total. The number of carbonyl (C=O) groups excluding carboxylic acids is 1. The summed E-state index contributed by atoms with van der Waals surface area (Å²) in [5.41, 5.74) is 6.78. The van der Waals surface area contributed by atoms with E-state index in [4.69, 9.17) is 10.5 Å². The Kier molecular flexibility index (Phi) is 7.23. The van der Waals surface area contributed by atoms with Gasteiger partial charge in [-0.2, -0.15) is 0 Å². The normalized spacial score (nSPS) is 13.8. The van der Waals surface area contributed by atoms with Crippen LogP contribution in [0.5, 0.6) is 5.75 Å². The van der Waals surface area contributed by atoms with Crippen LogP contribution in [0.1, 0.15) is 45.1 Å². The van der Waals surface area contributed by atoms with Gasteiger partial charge in [-0.05, 0) is 29.9 Å². The van der Waals surface area contributed by atoms with Crippen molar-refractivity contribution in [3.63, 3.8) is 0 Å². The Morgan fingerprint density at radius 3 is 2.52 bits per heavy atom. The SMILES string of the molecule is COc1ccccc1C(C)CC(=O)NC(CN)CC(C)C. The third kappa shape index (κ3) is 5.76. The molecule has 0 heterocycles. The topological polar surface area (TPSA) is 64.3 Å². The van der Waals surface area contributed by atoms with Crippen molar-refractivity contribution in [3.8, 4) is 5.75 Å². The molecular weight excluding hydrogens is 264 g/mol. The lowest BCUT2D eigenvalue weighted by molar-refractivity contribution is -0.122. The Bertz CT molecular complexity index is 446. The number of hydrogen-bond donors (Lipinski definition) is 2. The molecule has 0 aliphatic rings. The maximum absolute atomic E-state index is 12.2. The van der Waals surface area contributed by atoms with E-state index in [9.17, 15) is 4.79 Å². The lowest BCUT2D eigenvalue weighted by atomic mass is 9.96. The predicted molar refractivity (Wildman–Crippen MR) is 86.5 cm³/mol. The quantitative estimate of drug-likeness (QED) is 0.774. The number of amides is 1. The van der Waals surface area contributed by atoms with Gasteiger partial charge in [0.1, 0.15) is 5.75 Å². The van der Waals surface area contributed by atoms with Crippen LogP contribution in [0.3, 0.4) is 0 Å². The smallest absolute Gasteiger partial charge is 0.220 e. The van der Waals surface area contributed by atoms with Gasteiger partial charge in [-0.3, -0.25) is 4.79 Å². The summed E-state index contributed by atoms with van der Waals surface area (Å²) >= 11 is 0. The third-order valence-electron chi connectivity index (χ3n) is 3.57. The Labute approximate surface area is 128 Å². The molecule has 1 amide bonds. The van der Waals surface area contributed by atoms with E-state index in [1.807, 2.05) is 31.2 Å². The van der Waals surface area contributed by atoms with Gasteiger partial charge in [-0.15, -0.1) is 0 Å². The standard InChI is InChI=1S/C17H28N2O2/c1-12(2)9-14(11-18)19-17(20)10-13(3)15-7-5-6-8-16(15)21-4/h5-8,12-14H,9-11,18H2,1-4H3,(H,19,20). The summed E-state index contributed by atoms with van der Waals surface area (Å²) in [7, 11) is 1.65. The monoisotopic (exact) mass is 292 g/mol. The Morgan fingerprint density at radius 2 is 1.95 bits per heavy atom. The van der Waals surface area contributed by atoms with Gasteiger partial charge in [0.2, 0.25) is 5.91 Å². The Balaban J connectivity index is 2.61. The van der Waals surface area contributed by atoms with Crippen molar-refractivity contribution in [1.82, 2.24) is 5.32 Å². The molecule has 4 heteroatoms. The van der Waals surface area contributed by atoms with Gasteiger partial charge in [0, 0.05) is 19.0 Å². The highest BCUT2D eigenvalue weighted by atomic mass is 16.5. The van der Waals surface area contributed by atoms with Crippen LogP contribution in [-0.4, -0.2) is 25.6 Å². The van der Waals surface area contributed by atoms with Crippen molar-refractivity contribution in [2.24, 2.45) is 11.7 Å². The maximum atomic E-state index is 12.2. The Hall–Kier alpha value is -1.55. The molecule has 0 aromatic heterocycles. The average Bonchev–Trinajstić information content (AvgIpc) is 2.45. The van der Waals surface area contributed by atoms with E-state index in [1.165, 1.54) is 0 Å². The van der Waals surface area contributed by atoms with E-state index in [0.29, 0.717) is 18.9 Å². The van der Waals surface area contributed by atoms with Gasteiger partial charge < -0.3 is 15.8 Å². The Morgan fingerprint density at radius 1 is 1.29 bits per heavy atom. The van der Waals surface area contributed by atoms with Crippen LogP contribution in [-0.2, 0) is 4.79 Å². The maximum Gasteiger partial charge on any atom is 0.220 e. The average molecular weight is 292 g/mol. The second-order valence-electron chi connectivity index (χ2n) is 5.98. The lowest BCUT2D eigenvalue weighted by Crippen LogP contribution is -2.41. The van der Waals surface area contributed by atoms with E-state index in [2.05, 4.69) is 19.2 Å². The summed E-state index contributed by atoms with van der Waals surface area (Å²) in [6.07, 6.45) is 1.35. The predicted octanol–water partition coefficient (Wildman–Crippen LogP) is 2.68. The number of rotatable bonds is 8. The molecule has 0 aliphatic carbocycles. The fourth-order valence-corrected chi connectivity index (χ4v) is 2.53. The zero-order valence-corrected chi connectivity index (χ0v) is 13.6. The first-order chi connectivity index (χ1) is 9.97. The van der Waals surface area contributed by atoms with Gasteiger partial charge in [0.25, 0.3) is 0 Å². The van der Waals surface area contributed by atoms with Crippen molar-refractivity contribution in [2.75, 3.05) is 13.7 Å². The zero-order valence-electron chi connectivity index (χ0n) is 13.6. The number of carbonyl (C=O) groups is 1. The minimum absolute atomic E-state index is 0.0458. The molecular formula is C17H28N2O2. The van der Waals surface area contributed by atoms with E-state index in [1.54, 1.807) is 7.11 Å². The summed E-state index contributed by atoms with van der Waals surface area (Å²) in [6.45, 7) is 6.78. The molecule has 0 spiro atoms. The molecule has 1 aromatic carbocycles. The van der Waals surface area contributed by atoms with Gasteiger partial charge in [0.15, 0.2) is 0 Å². The van der Waals surface area contributed by atoms with Crippen molar-refractivity contribution >= 4 is 5.91 Å². The van der Waals surface area contributed by atoms with Crippen LogP contribution < -0.4 is 15.8 Å². The van der Waals surface area contributed by atoms with E-state index >= 15 is 0 Å². The first-order valence-electron chi connectivity index (χ1n) is 7.60. The molecule has 4 nitrogen and oxygen atoms in total. The van der Waals surface area contributed by atoms with Gasteiger partial charge >= 0.3 is 0 Å². The largest absolute Gasteiger partial charge is 0.496 e. The molecule has 1 aromatic rings. The molecule has 2 unspecified atom stereocenters. The molecule has 0 saturated carbocycles. The summed E-state index contributed by atoms with van der Waals surface area (Å²) in [5.74, 6) is 1.50. The summed E-state index contributed by atoms with van der Waals surface area (Å²) in [4.78, 5) is 12.2. The van der Waals surface area contributed by atoms with Crippen LogP contribution in [0, 0.1) is 5.92 Å². The van der Waals surface area contributed by atoms with Crippen LogP contribution in [0.2, 0.25) is 0 Å². The van der Waals surface area contributed by atoms with E-state index < -0.39 is 0 Å². The molecule has 0 fully saturated rings. The fraction of sp³-hybridized carbons (Fsp3) is 0.588. The van der Waals surface area contributed by atoms with Crippen molar-refractivity contribution in [1.29, 1.82) is 0 Å². The molecule has 21 heavy (non-hydrogen) atoms. The molecule has 0 radical (unpaired) electrons. The van der Waals surface area contributed by atoms with Crippen molar-refractivity contribution in [2.45, 2.75) is 45.6 Å². The molecule has 0 aliphatic heterocycles. The molecule has 0 bridgehead atoms. The van der Waals surface area contributed by atoms with Crippen LogP contribution in [0.25, 0.3) is 0 Å². The first-order valence-corrected chi connectivity index (χ1v) is 7.60. The highest BCUT2D eigenvalue weighted by Crippen LogP contribution is 2.28. The summed E-state index contributed by atoms with van der Waals surface area (Å²) in [6, 6.07) is 7.88. The number of para-hydroxylation sites is 1. The number of ether oxygens (including phenoxy) is 1. The number of nitrogens with one attached hydrogen (secondary N) is 1. The third-order valence-corrected chi connectivity index (χ3v) is 3.57. The van der Waals surface area contributed by atoms with Crippen LogP contribution >= 0.6 is 0 Å². The number of methoxy groups -OCH3 is 1. The fourth-order valence-electron chi connectivity index (χ4n) is 2.53. The molecule has 0 saturated heterocycles. The second kappa shape index (κ2) is 8.67. The lowest BCUT2D eigenvalue weighted by Gasteiger charge is -2.21. The number of benzene rings is 1. The highest BCUT2D eigenvalue weighted by Gasteiger charge is 2.17. The number of hydrogen-bond acceptors (Lipinski definition) is 3. The van der Waals surface area contributed by atoms with Crippen molar-refractivity contribution in [3.05, 3.63) is 29.8 Å². The highest BCUT2D eigenvalue weighted by molar-refractivity contribution is 5.77. The van der Waals surface area contributed by atoms with E-state index in [-0.39, 0.29) is 17.9 Å². The summed E-state index contributed by atoms with van der Waals surface area (Å²) < 4.78 is 5.35. The molecule has 1 rings (SSSR count). The number of nitrogens with two attached hydrogens (primary N) is 1. The minimum atomic E-state index is 0.0458. The van der Waals surface area contributed by atoms with Gasteiger partial charge in [-0.1, -0.05) is 39.0 Å². The first kappa shape index (κ1) is 17.5. The zero-order chi connectivity index (χ0) is 15.8. The van der Waals surface area contributed by atoms with E-state index in [0.717, 1.165) is 17.7 Å². The van der Waals surface area contributed by atoms with Crippen molar-refractivity contribution < 1.29 is 9.53 Å². The summed E-state index contributed by atoms with van der Waals surface area (Å²) in [5, 5.41) is 3.03. The molecule has 118 valence electrons.